The van der Waals surface area contributed by atoms with Gasteiger partial charge in [0.2, 0.25) is 5.91 Å². The summed E-state index contributed by atoms with van der Waals surface area (Å²) in [6.07, 6.45) is 3.92. The van der Waals surface area contributed by atoms with Crippen molar-refractivity contribution in [3.63, 3.8) is 0 Å². The summed E-state index contributed by atoms with van der Waals surface area (Å²) in [6.45, 7) is 0.625. The van der Waals surface area contributed by atoms with E-state index >= 15 is 0 Å². The molecule has 0 aliphatic carbocycles. The molecule has 1 aromatic rings. The molecule has 1 amide bonds. The van der Waals surface area contributed by atoms with Gasteiger partial charge in [0, 0.05) is 39.5 Å². The van der Waals surface area contributed by atoms with Gasteiger partial charge in [-0.25, -0.2) is 0 Å². The summed E-state index contributed by atoms with van der Waals surface area (Å²) >= 11 is 3.37. The molecule has 0 saturated carbocycles. The quantitative estimate of drug-likeness (QED) is 0.908. The largest absolute Gasteiger partial charge is 0.384 e. The van der Waals surface area contributed by atoms with Crippen LogP contribution >= 0.6 is 15.9 Å². The second kappa shape index (κ2) is 5.70. The second-order valence-electron chi connectivity index (χ2n) is 3.32. The van der Waals surface area contributed by atoms with Crippen molar-refractivity contribution >= 4 is 27.5 Å². The number of pyridine rings is 1. The highest BCUT2D eigenvalue weighted by molar-refractivity contribution is 9.10. The van der Waals surface area contributed by atoms with Gasteiger partial charge in [0.25, 0.3) is 0 Å². The van der Waals surface area contributed by atoms with Crippen molar-refractivity contribution < 1.29 is 4.79 Å². The van der Waals surface area contributed by atoms with Crippen LogP contribution in [0.25, 0.3) is 0 Å². The number of hydrogen-bond acceptors (Lipinski definition) is 3. The topological polar surface area (TPSA) is 45.2 Å². The van der Waals surface area contributed by atoms with E-state index in [0.29, 0.717) is 13.0 Å². The van der Waals surface area contributed by atoms with E-state index in [1.165, 1.54) is 0 Å². The molecule has 1 aromatic heterocycles. The lowest BCUT2D eigenvalue weighted by atomic mass is 10.3. The highest BCUT2D eigenvalue weighted by atomic mass is 79.9. The Kier molecular flexibility index (Phi) is 4.55. The van der Waals surface area contributed by atoms with E-state index in [-0.39, 0.29) is 5.91 Å². The summed E-state index contributed by atoms with van der Waals surface area (Å²) < 4.78 is 0.905. The first-order valence-electron chi connectivity index (χ1n) is 4.65. The van der Waals surface area contributed by atoms with Crippen molar-refractivity contribution in [3.05, 3.63) is 22.9 Å². The van der Waals surface area contributed by atoms with Gasteiger partial charge in [0.1, 0.15) is 0 Å². The molecule has 0 fully saturated rings. The highest BCUT2D eigenvalue weighted by Gasteiger charge is 2.03. The van der Waals surface area contributed by atoms with E-state index in [0.717, 1.165) is 10.2 Å². The molecule has 4 nitrogen and oxygen atoms in total. The van der Waals surface area contributed by atoms with E-state index in [1.807, 2.05) is 6.07 Å². The van der Waals surface area contributed by atoms with Crippen LogP contribution < -0.4 is 5.32 Å². The van der Waals surface area contributed by atoms with Crippen molar-refractivity contribution in [2.24, 2.45) is 0 Å². The molecule has 82 valence electrons. The highest BCUT2D eigenvalue weighted by Crippen LogP contribution is 2.19. The molecular formula is C10H14BrN3O. The summed E-state index contributed by atoms with van der Waals surface area (Å²) in [7, 11) is 3.51. The Morgan fingerprint density at radius 2 is 2.33 bits per heavy atom. The number of anilines is 1. The molecule has 1 rings (SSSR count). The van der Waals surface area contributed by atoms with Crippen molar-refractivity contribution in [2.75, 3.05) is 26.0 Å². The predicted molar refractivity (Wildman–Crippen MR) is 63.7 cm³/mol. The van der Waals surface area contributed by atoms with E-state index in [2.05, 4.69) is 26.2 Å². The first-order valence-corrected chi connectivity index (χ1v) is 5.44. The second-order valence-corrected chi connectivity index (χ2v) is 4.17. The molecule has 15 heavy (non-hydrogen) atoms. The molecule has 0 aliphatic rings. The van der Waals surface area contributed by atoms with Crippen LogP contribution in [-0.4, -0.2) is 36.4 Å². The van der Waals surface area contributed by atoms with E-state index in [1.54, 1.807) is 31.4 Å². The summed E-state index contributed by atoms with van der Waals surface area (Å²) in [5, 5.41) is 3.16. The number of hydrogen-bond donors (Lipinski definition) is 1. The molecule has 0 spiro atoms. The van der Waals surface area contributed by atoms with Crippen molar-refractivity contribution in [3.8, 4) is 0 Å². The molecule has 0 bridgehead atoms. The minimum Gasteiger partial charge on any atom is -0.384 e. The Morgan fingerprint density at radius 1 is 1.60 bits per heavy atom. The summed E-state index contributed by atoms with van der Waals surface area (Å²) in [5.74, 6) is 0.118. The third kappa shape index (κ3) is 3.87. The number of amides is 1. The average molecular weight is 272 g/mol. The molecular weight excluding hydrogens is 258 g/mol. The zero-order chi connectivity index (χ0) is 11.3. The fourth-order valence-electron chi connectivity index (χ4n) is 1.05. The maximum absolute atomic E-state index is 11.3. The van der Waals surface area contributed by atoms with Gasteiger partial charge >= 0.3 is 0 Å². The van der Waals surface area contributed by atoms with Gasteiger partial charge in [0.15, 0.2) is 0 Å². The standard InChI is InChI=1S/C10H14BrN3O/c1-14(2)10(15)4-6-13-9-3-5-12-7-8(9)11/h3,5,7H,4,6H2,1-2H3,(H,12,13). The van der Waals surface area contributed by atoms with Crippen LogP contribution in [0.4, 0.5) is 5.69 Å². The van der Waals surface area contributed by atoms with Gasteiger partial charge < -0.3 is 10.2 Å². The van der Waals surface area contributed by atoms with Crippen molar-refractivity contribution in [2.45, 2.75) is 6.42 Å². The van der Waals surface area contributed by atoms with Crippen LogP contribution in [0.5, 0.6) is 0 Å². The molecule has 0 radical (unpaired) electrons. The van der Waals surface area contributed by atoms with Crippen LogP contribution in [0.2, 0.25) is 0 Å². The lowest BCUT2D eigenvalue weighted by Crippen LogP contribution is -2.23. The Hall–Kier alpha value is -1.10. The molecule has 1 N–H and O–H groups in total. The molecule has 5 heteroatoms. The van der Waals surface area contributed by atoms with E-state index < -0.39 is 0 Å². The normalized spacial score (nSPS) is 9.80. The van der Waals surface area contributed by atoms with Crippen LogP contribution in [0.15, 0.2) is 22.9 Å². The minimum absolute atomic E-state index is 0.118. The van der Waals surface area contributed by atoms with Gasteiger partial charge in [-0.1, -0.05) is 0 Å². The third-order valence-corrected chi connectivity index (χ3v) is 2.56. The van der Waals surface area contributed by atoms with E-state index in [4.69, 9.17) is 0 Å². The van der Waals surface area contributed by atoms with Gasteiger partial charge in [0.05, 0.1) is 10.2 Å². The zero-order valence-corrected chi connectivity index (χ0v) is 10.4. The van der Waals surface area contributed by atoms with Gasteiger partial charge in [-0.15, -0.1) is 0 Å². The summed E-state index contributed by atoms with van der Waals surface area (Å²) in [6, 6.07) is 1.87. The number of carbonyl (C=O) groups excluding carboxylic acids is 1. The number of aromatic nitrogens is 1. The van der Waals surface area contributed by atoms with Gasteiger partial charge in [-0.2, -0.15) is 0 Å². The Bertz CT molecular complexity index is 341. The van der Waals surface area contributed by atoms with Crippen LogP contribution in [-0.2, 0) is 4.79 Å². The fraction of sp³-hybridized carbons (Fsp3) is 0.400. The number of carbonyl (C=O) groups is 1. The van der Waals surface area contributed by atoms with Crippen molar-refractivity contribution in [1.82, 2.24) is 9.88 Å². The van der Waals surface area contributed by atoms with Crippen LogP contribution in [0.1, 0.15) is 6.42 Å². The number of nitrogens with one attached hydrogen (secondary N) is 1. The molecule has 0 aromatic carbocycles. The minimum atomic E-state index is 0.118. The Labute approximate surface area is 97.8 Å². The maximum Gasteiger partial charge on any atom is 0.223 e. The Balaban J connectivity index is 2.38. The lowest BCUT2D eigenvalue weighted by Gasteiger charge is -2.11. The molecule has 0 aliphatic heterocycles. The monoisotopic (exact) mass is 271 g/mol. The third-order valence-electron chi connectivity index (χ3n) is 1.93. The number of nitrogens with zero attached hydrogens (tertiary/aromatic N) is 2. The number of rotatable bonds is 4. The molecule has 0 atom stereocenters. The van der Waals surface area contributed by atoms with Gasteiger partial charge in [-0.3, -0.25) is 9.78 Å². The molecule has 0 unspecified atom stereocenters. The van der Waals surface area contributed by atoms with Crippen LogP contribution in [0.3, 0.4) is 0 Å². The fourth-order valence-corrected chi connectivity index (χ4v) is 1.44. The van der Waals surface area contributed by atoms with Crippen molar-refractivity contribution in [1.29, 1.82) is 0 Å². The predicted octanol–water partition coefficient (Wildman–Crippen LogP) is 1.73. The molecule has 0 saturated heterocycles. The van der Waals surface area contributed by atoms with Crippen LogP contribution in [0, 0.1) is 0 Å². The zero-order valence-electron chi connectivity index (χ0n) is 8.83. The SMILES string of the molecule is CN(C)C(=O)CCNc1ccncc1Br. The average Bonchev–Trinajstić information content (AvgIpc) is 2.20. The smallest absolute Gasteiger partial charge is 0.223 e. The summed E-state index contributed by atoms with van der Waals surface area (Å²) in [5.41, 5.74) is 0.955. The molecule has 1 heterocycles. The van der Waals surface area contributed by atoms with E-state index in [9.17, 15) is 4.79 Å². The summed E-state index contributed by atoms with van der Waals surface area (Å²) in [4.78, 5) is 16.8. The lowest BCUT2D eigenvalue weighted by molar-refractivity contribution is -0.128. The first kappa shape index (κ1) is 12.0. The maximum atomic E-state index is 11.3. The Morgan fingerprint density at radius 3 is 2.93 bits per heavy atom. The first-order chi connectivity index (χ1) is 7.11. The number of halogens is 1. The van der Waals surface area contributed by atoms with Gasteiger partial charge in [-0.05, 0) is 22.0 Å².